The van der Waals surface area contributed by atoms with Gasteiger partial charge in [-0.3, -0.25) is 0 Å². The molecule has 3 nitrogen and oxygen atoms in total. The first-order valence-electron chi connectivity index (χ1n) is 5.01. The van der Waals surface area contributed by atoms with Gasteiger partial charge in [0.15, 0.2) is 0 Å². The lowest BCUT2D eigenvalue weighted by Crippen LogP contribution is -2.20. The van der Waals surface area contributed by atoms with Crippen LogP contribution in [0.15, 0.2) is 30.3 Å². The van der Waals surface area contributed by atoms with Crippen LogP contribution >= 0.6 is 0 Å². The van der Waals surface area contributed by atoms with Crippen molar-refractivity contribution < 1.29 is 9.90 Å². The first kappa shape index (κ1) is 9.93. The summed E-state index contributed by atoms with van der Waals surface area (Å²) < 4.78 is 0. The summed E-state index contributed by atoms with van der Waals surface area (Å²) in [5, 5.41) is 12.1. The van der Waals surface area contributed by atoms with Crippen molar-refractivity contribution in [3.8, 4) is 0 Å². The van der Waals surface area contributed by atoms with Crippen LogP contribution in [0, 0.1) is 0 Å². The molecule has 0 amide bonds. The maximum atomic E-state index is 10.8. The zero-order valence-electron chi connectivity index (χ0n) is 8.36. The van der Waals surface area contributed by atoms with Crippen LogP contribution in [0.2, 0.25) is 0 Å². The zero-order valence-corrected chi connectivity index (χ0v) is 8.36. The zero-order chi connectivity index (χ0) is 10.7. The molecule has 3 heteroatoms. The van der Waals surface area contributed by atoms with E-state index in [4.69, 9.17) is 5.11 Å². The normalized spacial score (nSPS) is 15.9. The number of carboxylic acids is 1. The van der Waals surface area contributed by atoms with E-state index >= 15 is 0 Å². The molecule has 78 valence electrons. The van der Waals surface area contributed by atoms with Crippen molar-refractivity contribution in [3.63, 3.8) is 0 Å². The van der Waals surface area contributed by atoms with Gasteiger partial charge in [-0.15, -0.1) is 0 Å². The molecule has 1 aliphatic heterocycles. The van der Waals surface area contributed by atoms with Gasteiger partial charge in [0.2, 0.25) is 0 Å². The summed E-state index contributed by atoms with van der Waals surface area (Å²) in [6.45, 7) is 1.83. The Balaban J connectivity index is 2.31. The van der Waals surface area contributed by atoms with Crippen LogP contribution in [0.1, 0.15) is 22.3 Å². The molecule has 0 spiro atoms. The Morgan fingerprint density at radius 3 is 2.93 bits per heavy atom. The molecule has 15 heavy (non-hydrogen) atoms. The van der Waals surface area contributed by atoms with Gasteiger partial charge < -0.3 is 10.4 Å². The Morgan fingerprint density at radius 1 is 1.40 bits per heavy atom. The summed E-state index contributed by atoms with van der Waals surface area (Å²) in [6, 6.07) is 7.11. The lowest BCUT2D eigenvalue weighted by atomic mass is 9.98. The molecule has 0 unspecified atom stereocenters. The third-order valence-corrected chi connectivity index (χ3v) is 2.54. The Bertz CT molecular complexity index is 410. The Kier molecular flexibility index (Phi) is 2.83. The molecular formula is C12H13NO2. The van der Waals surface area contributed by atoms with Gasteiger partial charge in [-0.1, -0.05) is 18.2 Å². The number of carbonyl (C=O) groups is 1. The van der Waals surface area contributed by atoms with Crippen LogP contribution in [0.25, 0.3) is 5.57 Å². The van der Waals surface area contributed by atoms with Crippen molar-refractivity contribution >= 4 is 11.5 Å². The summed E-state index contributed by atoms with van der Waals surface area (Å²) in [5.74, 6) is -0.869. The van der Waals surface area contributed by atoms with E-state index in [0.29, 0.717) is 5.56 Å². The quantitative estimate of drug-likeness (QED) is 0.770. The molecule has 0 aromatic heterocycles. The second-order valence-electron chi connectivity index (χ2n) is 3.57. The van der Waals surface area contributed by atoms with Crippen molar-refractivity contribution in [3.05, 3.63) is 41.5 Å². The fourth-order valence-corrected chi connectivity index (χ4v) is 1.74. The van der Waals surface area contributed by atoms with Crippen LogP contribution in [-0.4, -0.2) is 24.2 Å². The third kappa shape index (κ3) is 2.25. The number of aromatic carboxylic acids is 1. The van der Waals surface area contributed by atoms with Gasteiger partial charge >= 0.3 is 5.97 Å². The lowest BCUT2D eigenvalue weighted by molar-refractivity contribution is 0.0697. The first-order chi connectivity index (χ1) is 7.27. The minimum Gasteiger partial charge on any atom is -0.478 e. The van der Waals surface area contributed by atoms with Gasteiger partial charge in [0.1, 0.15) is 0 Å². The molecule has 1 aromatic carbocycles. The molecule has 1 heterocycles. The summed E-state index contributed by atoms with van der Waals surface area (Å²) in [5.41, 5.74) is 2.61. The third-order valence-electron chi connectivity index (χ3n) is 2.54. The molecule has 1 aromatic rings. The van der Waals surface area contributed by atoms with Gasteiger partial charge in [-0.25, -0.2) is 4.79 Å². The highest BCUT2D eigenvalue weighted by Crippen LogP contribution is 2.20. The van der Waals surface area contributed by atoms with E-state index in [2.05, 4.69) is 11.4 Å². The second-order valence-corrected chi connectivity index (χ2v) is 3.57. The van der Waals surface area contributed by atoms with Crippen molar-refractivity contribution in [1.82, 2.24) is 5.32 Å². The molecule has 0 fully saturated rings. The highest BCUT2D eigenvalue weighted by Gasteiger charge is 2.08. The van der Waals surface area contributed by atoms with E-state index in [1.165, 1.54) is 5.57 Å². The van der Waals surface area contributed by atoms with Crippen LogP contribution in [0.5, 0.6) is 0 Å². The summed E-state index contributed by atoms with van der Waals surface area (Å²) >= 11 is 0. The van der Waals surface area contributed by atoms with E-state index in [9.17, 15) is 4.79 Å². The highest BCUT2D eigenvalue weighted by atomic mass is 16.4. The van der Waals surface area contributed by atoms with E-state index < -0.39 is 5.97 Å². The van der Waals surface area contributed by atoms with Gasteiger partial charge in [0, 0.05) is 6.54 Å². The number of benzene rings is 1. The average molecular weight is 203 g/mol. The minimum atomic E-state index is -0.869. The minimum absolute atomic E-state index is 0.354. The van der Waals surface area contributed by atoms with Crippen molar-refractivity contribution in [1.29, 1.82) is 0 Å². The molecule has 2 rings (SSSR count). The predicted molar refractivity (Wildman–Crippen MR) is 58.9 cm³/mol. The number of hydrogen-bond acceptors (Lipinski definition) is 2. The molecule has 0 aliphatic carbocycles. The van der Waals surface area contributed by atoms with Gasteiger partial charge in [0.05, 0.1) is 5.56 Å². The molecule has 0 radical (unpaired) electrons. The topological polar surface area (TPSA) is 49.3 Å². The summed E-state index contributed by atoms with van der Waals surface area (Å²) in [4.78, 5) is 10.8. The molecule has 1 aliphatic rings. The Hall–Kier alpha value is -1.61. The van der Waals surface area contributed by atoms with Crippen molar-refractivity contribution in [2.45, 2.75) is 6.42 Å². The van der Waals surface area contributed by atoms with Crippen LogP contribution < -0.4 is 5.32 Å². The maximum Gasteiger partial charge on any atom is 0.335 e. The fourth-order valence-electron chi connectivity index (χ4n) is 1.74. The van der Waals surface area contributed by atoms with Gasteiger partial charge in [-0.2, -0.15) is 0 Å². The standard InChI is InChI=1S/C12H13NO2/c14-12(15)11-3-1-2-10(8-11)9-4-6-13-7-5-9/h1-4,8,13H,5-7H2,(H,14,15). The molecule has 0 saturated carbocycles. The van der Waals surface area contributed by atoms with E-state index in [0.717, 1.165) is 25.1 Å². The Labute approximate surface area is 88.4 Å². The fraction of sp³-hybridized carbons (Fsp3) is 0.250. The largest absolute Gasteiger partial charge is 0.478 e. The predicted octanol–water partition coefficient (Wildman–Crippen LogP) is 1.76. The van der Waals surface area contributed by atoms with Crippen molar-refractivity contribution in [2.75, 3.05) is 13.1 Å². The number of hydrogen-bond donors (Lipinski definition) is 2. The summed E-state index contributed by atoms with van der Waals surface area (Å²) in [6.07, 6.45) is 3.08. The molecule has 0 saturated heterocycles. The number of carboxylic acid groups (broad SMARTS) is 1. The Morgan fingerprint density at radius 2 is 2.27 bits per heavy atom. The monoisotopic (exact) mass is 203 g/mol. The van der Waals surface area contributed by atoms with E-state index in [-0.39, 0.29) is 0 Å². The number of nitrogens with one attached hydrogen (secondary N) is 1. The molecule has 0 atom stereocenters. The average Bonchev–Trinajstić information content (AvgIpc) is 2.30. The second kappa shape index (κ2) is 4.28. The molecule has 2 N–H and O–H groups in total. The SMILES string of the molecule is O=C(O)c1cccc(C2=CCNCC2)c1. The highest BCUT2D eigenvalue weighted by molar-refractivity contribution is 5.89. The van der Waals surface area contributed by atoms with Crippen molar-refractivity contribution in [2.24, 2.45) is 0 Å². The van der Waals surface area contributed by atoms with Crippen LogP contribution in [0.3, 0.4) is 0 Å². The smallest absolute Gasteiger partial charge is 0.335 e. The van der Waals surface area contributed by atoms with Gasteiger partial charge in [0.25, 0.3) is 0 Å². The maximum absolute atomic E-state index is 10.8. The number of rotatable bonds is 2. The molecular weight excluding hydrogens is 190 g/mol. The van der Waals surface area contributed by atoms with Crippen LogP contribution in [0.4, 0.5) is 0 Å². The lowest BCUT2D eigenvalue weighted by Gasteiger charge is -2.14. The summed E-state index contributed by atoms with van der Waals surface area (Å²) in [7, 11) is 0. The molecule has 0 bridgehead atoms. The first-order valence-corrected chi connectivity index (χ1v) is 5.01. The van der Waals surface area contributed by atoms with E-state index in [1.54, 1.807) is 18.2 Å². The van der Waals surface area contributed by atoms with Gasteiger partial charge in [-0.05, 0) is 36.2 Å². The van der Waals surface area contributed by atoms with Crippen LogP contribution in [-0.2, 0) is 0 Å². The van der Waals surface area contributed by atoms with E-state index in [1.807, 2.05) is 6.07 Å².